The van der Waals surface area contributed by atoms with Crippen LogP contribution in [0.25, 0.3) is 10.8 Å². The highest BCUT2D eigenvalue weighted by Gasteiger charge is 2.38. The molecular formula is C24H20ClNO6S. The van der Waals surface area contributed by atoms with E-state index in [9.17, 15) is 14.4 Å². The molecule has 33 heavy (non-hydrogen) atoms. The SMILES string of the molecule is CC(=O)Oc1cc2c(c3ccccc13)C(CCl)CN2C(=O)c1sc(C=O)c2c1OCCCO2. The number of alkyl halides is 1. The highest BCUT2D eigenvalue weighted by Crippen LogP contribution is 2.48. The van der Waals surface area contributed by atoms with Gasteiger partial charge < -0.3 is 19.1 Å². The van der Waals surface area contributed by atoms with Crippen molar-refractivity contribution in [2.45, 2.75) is 19.3 Å². The van der Waals surface area contributed by atoms with Gasteiger partial charge in [-0.25, -0.2) is 0 Å². The zero-order valence-electron chi connectivity index (χ0n) is 17.8. The molecule has 0 fully saturated rings. The Morgan fingerprint density at radius 3 is 2.64 bits per heavy atom. The lowest BCUT2D eigenvalue weighted by atomic mass is 9.95. The average Bonchev–Trinajstić information content (AvgIpc) is 3.26. The molecule has 5 rings (SSSR count). The second-order valence-electron chi connectivity index (χ2n) is 7.84. The van der Waals surface area contributed by atoms with Crippen molar-refractivity contribution in [3.8, 4) is 17.2 Å². The Bertz CT molecular complexity index is 1290. The number of nitrogens with zero attached hydrogens (tertiary/aromatic N) is 1. The van der Waals surface area contributed by atoms with Crippen molar-refractivity contribution in [3.05, 3.63) is 45.6 Å². The summed E-state index contributed by atoms with van der Waals surface area (Å²) in [5, 5.41) is 1.66. The van der Waals surface area contributed by atoms with E-state index in [0.717, 1.165) is 27.7 Å². The molecule has 1 aromatic heterocycles. The minimum absolute atomic E-state index is 0.108. The number of carbonyl (C=O) groups excluding carboxylic acids is 3. The number of benzene rings is 2. The summed E-state index contributed by atoms with van der Waals surface area (Å²) in [5.41, 5.74) is 1.56. The van der Waals surface area contributed by atoms with Crippen LogP contribution in [0.1, 0.15) is 44.2 Å². The van der Waals surface area contributed by atoms with E-state index in [1.807, 2.05) is 24.3 Å². The van der Waals surface area contributed by atoms with Gasteiger partial charge in [0.1, 0.15) is 15.5 Å². The van der Waals surface area contributed by atoms with Gasteiger partial charge in [0.2, 0.25) is 0 Å². The number of anilines is 1. The molecule has 1 unspecified atom stereocenters. The van der Waals surface area contributed by atoms with Crippen LogP contribution in [0.2, 0.25) is 0 Å². The number of carbonyl (C=O) groups is 3. The first-order valence-corrected chi connectivity index (χ1v) is 11.9. The quantitative estimate of drug-likeness (QED) is 0.229. The average molecular weight is 486 g/mol. The van der Waals surface area contributed by atoms with Gasteiger partial charge in [0.25, 0.3) is 5.91 Å². The van der Waals surface area contributed by atoms with E-state index in [4.69, 9.17) is 25.8 Å². The minimum Gasteiger partial charge on any atom is -0.488 e. The van der Waals surface area contributed by atoms with E-state index < -0.39 is 5.97 Å². The first kappa shape index (κ1) is 21.7. The zero-order valence-corrected chi connectivity index (χ0v) is 19.3. The third-order valence-corrected chi connectivity index (χ3v) is 7.18. The number of esters is 1. The molecule has 0 N–H and O–H groups in total. The summed E-state index contributed by atoms with van der Waals surface area (Å²) in [6, 6.07) is 9.30. The number of ether oxygens (including phenoxy) is 3. The van der Waals surface area contributed by atoms with Crippen LogP contribution in [-0.4, -0.2) is 43.8 Å². The molecule has 1 atom stereocenters. The smallest absolute Gasteiger partial charge is 0.308 e. The molecule has 3 aromatic rings. The third-order valence-electron chi connectivity index (χ3n) is 5.74. The summed E-state index contributed by atoms with van der Waals surface area (Å²) in [4.78, 5) is 39.4. The monoisotopic (exact) mass is 485 g/mol. The summed E-state index contributed by atoms with van der Waals surface area (Å²) in [5.74, 6) is 0.452. The molecule has 3 heterocycles. The maximum atomic E-state index is 13.8. The number of fused-ring (bicyclic) bond motifs is 4. The highest BCUT2D eigenvalue weighted by atomic mass is 35.5. The Labute approximate surface area is 198 Å². The number of amides is 1. The molecule has 170 valence electrons. The van der Waals surface area contributed by atoms with Crippen molar-refractivity contribution in [2.75, 3.05) is 30.5 Å². The number of halogens is 1. The predicted molar refractivity (Wildman–Crippen MR) is 126 cm³/mol. The zero-order chi connectivity index (χ0) is 23.1. The molecule has 0 bridgehead atoms. The molecule has 1 amide bonds. The molecule has 0 saturated heterocycles. The summed E-state index contributed by atoms with van der Waals surface area (Å²) in [6.07, 6.45) is 1.34. The second-order valence-corrected chi connectivity index (χ2v) is 9.20. The summed E-state index contributed by atoms with van der Waals surface area (Å²) < 4.78 is 17.0. The van der Waals surface area contributed by atoms with Gasteiger partial charge in [0, 0.05) is 43.1 Å². The highest BCUT2D eigenvalue weighted by molar-refractivity contribution is 7.16. The van der Waals surface area contributed by atoms with Gasteiger partial charge in [-0.15, -0.1) is 22.9 Å². The number of rotatable bonds is 4. The van der Waals surface area contributed by atoms with Crippen LogP contribution in [0.4, 0.5) is 5.69 Å². The lowest BCUT2D eigenvalue weighted by Crippen LogP contribution is -2.29. The van der Waals surface area contributed by atoms with Crippen LogP contribution in [0.5, 0.6) is 17.2 Å². The molecule has 7 nitrogen and oxygen atoms in total. The Morgan fingerprint density at radius 1 is 1.21 bits per heavy atom. The molecule has 0 saturated carbocycles. The fraction of sp³-hybridized carbons (Fsp3) is 0.292. The summed E-state index contributed by atoms with van der Waals surface area (Å²) in [6.45, 7) is 2.50. The van der Waals surface area contributed by atoms with Gasteiger partial charge in [-0.1, -0.05) is 24.3 Å². The Hall–Kier alpha value is -3.10. The Balaban J connectivity index is 1.66. The minimum atomic E-state index is -0.449. The topological polar surface area (TPSA) is 82.1 Å². The number of hydrogen-bond acceptors (Lipinski definition) is 7. The first-order chi connectivity index (χ1) is 16.0. The van der Waals surface area contributed by atoms with Crippen LogP contribution in [0.15, 0.2) is 30.3 Å². The normalized spacial score (nSPS) is 16.9. The molecular weight excluding hydrogens is 466 g/mol. The number of hydrogen-bond donors (Lipinski definition) is 0. The molecule has 2 aromatic carbocycles. The van der Waals surface area contributed by atoms with Gasteiger partial charge in [-0.3, -0.25) is 14.4 Å². The standard InChI is InChI=1S/C24H20ClNO6S/c1-13(28)32-18-9-17-20(16-6-3-2-5-15(16)18)14(10-25)11-26(17)24(29)23-22-21(19(12-27)33-23)30-7-4-8-31-22/h2-3,5-6,9,12,14H,4,7-8,10-11H2,1H3. The molecule has 2 aliphatic heterocycles. The van der Waals surface area contributed by atoms with Crippen LogP contribution in [-0.2, 0) is 4.79 Å². The van der Waals surface area contributed by atoms with Crippen molar-refractivity contribution in [1.29, 1.82) is 0 Å². The van der Waals surface area contributed by atoms with Crippen LogP contribution in [0.3, 0.4) is 0 Å². The largest absolute Gasteiger partial charge is 0.488 e. The maximum Gasteiger partial charge on any atom is 0.308 e. The second kappa shape index (κ2) is 8.68. The lowest BCUT2D eigenvalue weighted by Gasteiger charge is -2.19. The van der Waals surface area contributed by atoms with E-state index in [1.54, 1.807) is 11.0 Å². The Morgan fingerprint density at radius 2 is 1.94 bits per heavy atom. The molecule has 0 radical (unpaired) electrons. The van der Waals surface area contributed by atoms with Gasteiger partial charge >= 0.3 is 5.97 Å². The lowest BCUT2D eigenvalue weighted by molar-refractivity contribution is -0.131. The van der Waals surface area contributed by atoms with Gasteiger partial charge in [0.05, 0.1) is 18.9 Å². The van der Waals surface area contributed by atoms with Gasteiger partial charge in [0.15, 0.2) is 17.8 Å². The molecule has 9 heteroatoms. The third kappa shape index (κ3) is 3.63. The summed E-state index contributed by atoms with van der Waals surface area (Å²) in [7, 11) is 0. The maximum absolute atomic E-state index is 13.8. The van der Waals surface area contributed by atoms with Crippen molar-refractivity contribution >= 4 is 57.6 Å². The van der Waals surface area contributed by atoms with Crippen LogP contribution >= 0.6 is 22.9 Å². The van der Waals surface area contributed by atoms with Crippen LogP contribution in [0, 0.1) is 0 Å². The fourth-order valence-electron chi connectivity index (χ4n) is 4.40. The van der Waals surface area contributed by atoms with Crippen molar-refractivity contribution in [2.24, 2.45) is 0 Å². The van der Waals surface area contributed by atoms with Crippen molar-refractivity contribution < 1.29 is 28.6 Å². The number of aldehydes is 1. The van der Waals surface area contributed by atoms with Gasteiger partial charge in [-0.2, -0.15) is 0 Å². The van der Waals surface area contributed by atoms with Crippen molar-refractivity contribution in [3.63, 3.8) is 0 Å². The van der Waals surface area contributed by atoms with Gasteiger partial charge in [-0.05, 0) is 10.9 Å². The van der Waals surface area contributed by atoms with E-state index in [-0.39, 0.29) is 11.8 Å². The van der Waals surface area contributed by atoms with Crippen LogP contribution < -0.4 is 19.1 Å². The fourth-order valence-corrected chi connectivity index (χ4v) is 5.61. The molecule has 0 spiro atoms. The van der Waals surface area contributed by atoms with E-state index in [1.165, 1.54) is 6.92 Å². The predicted octanol–water partition coefficient (Wildman–Crippen LogP) is 4.78. The molecule has 0 aliphatic carbocycles. The molecule has 2 aliphatic rings. The Kier molecular flexibility index (Phi) is 5.72. The first-order valence-electron chi connectivity index (χ1n) is 10.5. The number of thiophene rings is 1. The van der Waals surface area contributed by atoms with Crippen molar-refractivity contribution in [1.82, 2.24) is 0 Å². The summed E-state index contributed by atoms with van der Waals surface area (Å²) >= 11 is 7.38. The van der Waals surface area contributed by atoms with E-state index in [0.29, 0.717) is 71.0 Å². The van der Waals surface area contributed by atoms with E-state index in [2.05, 4.69) is 0 Å². The van der Waals surface area contributed by atoms with E-state index >= 15 is 0 Å².